The number of benzene rings is 1. The minimum atomic E-state index is -0.255. The van der Waals surface area contributed by atoms with E-state index in [9.17, 15) is 4.39 Å². The summed E-state index contributed by atoms with van der Waals surface area (Å²) in [4.78, 5) is 12.1. The molecule has 1 aromatic carbocycles. The topological polar surface area (TPSA) is 69.6 Å². The molecule has 2 aromatic heterocycles. The van der Waals surface area contributed by atoms with Crippen molar-refractivity contribution in [3.05, 3.63) is 53.3 Å². The Kier molecular flexibility index (Phi) is 3.53. The number of halogens is 2. The Hall–Kier alpha value is -2.47. The first-order chi connectivity index (χ1) is 10.1. The van der Waals surface area contributed by atoms with Gasteiger partial charge in [0.05, 0.1) is 6.33 Å². The fourth-order valence-corrected chi connectivity index (χ4v) is 2.12. The Bertz CT molecular complexity index is 810. The zero-order valence-corrected chi connectivity index (χ0v) is 11.6. The SMILES string of the molecule is Nc1nc(Cl)nc2c1ncn2C/C=C/c1ccc(F)cc1. The highest BCUT2D eigenvalue weighted by molar-refractivity contribution is 6.28. The first-order valence-electron chi connectivity index (χ1n) is 6.19. The van der Waals surface area contributed by atoms with E-state index >= 15 is 0 Å². The number of anilines is 1. The van der Waals surface area contributed by atoms with E-state index in [0.29, 0.717) is 17.7 Å². The molecule has 2 heterocycles. The van der Waals surface area contributed by atoms with Crippen molar-refractivity contribution in [1.82, 2.24) is 19.5 Å². The summed E-state index contributed by atoms with van der Waals surface area (Å²) in [6.07, 6.45) is 5.43. The number of hydrogen-bond donors (Lipinski definition) is 1. The number of fused-ring (bicyclic) bond motifs is 1. The van der Waals surface area contributed by atoms with E-state index in [1.807, 2.05) is 12.2 Å². The monoisotopic (exact) mass is 303 g/mol. The summed E-state index contributed by atoms with van der Waals surface area (Å²) >= 11 is 5.80. The van der Waals surface area contributed by atoms with Crippen LogP contribution in [0, 0.1) is 5.82 Å². The lowest BCUT2D eigenvalue weighted by molar-refractivity contribution is 0.628. The fourth-order valence-electron chi connectivity index (χ4n) is 1.95. The second-order valence-electron chi connectivity index (χ2n) is 4.40. The highest BCUT2D eigenvalue weighted by Gasteiger charge is 2.09. The molecule has 5 nitrogen and oxygen atoms in total. The molecule has 0 aliphatic carbocycles. The van der Waals surface area contributed by atoms with Crippen molar-refractivity contribution >= 4 is 34.7 Å². The molecule has 2 N–H and O–H groups in total. The van der Waals surface area contributed by atoms with Crippen LogP contribution in [-0.4, -0.2) is 19.5 Å². The number of allylic oxidation sites excluding steroid dienone is 1. The molecule has 7 heteroatoms. The van der Waals surface area contributed by atoms with Crippen LogP contribution < -0.4 is 5.73 Å². The molecule has 0 spiro atoms. The highest BCUT2D eigenvalue weighted by atomic mass is 35.5. The fraction of sp³-hybridized carbons (Fsp3) is 0.0714. The number of nitrogen functional groups attached to an aromatic ring is 1. The van der Waals surface area contributed by atoms with Crippen molar-refractivity contribution in [2.45, 2.75) is 6.54 Å². The molecule has 3 aromatic rings. The number of imidazole rings is 1. The summed E-state index contributed by atoms with van der Waals surface area (Å²) in [6, 6.07) is 6.24. The lowest BCUT2D eigenvalue weighted by atomic mass is 10.2. The molecule has 0 amide bonds. The van der Waals surface area contributed by atoms with Crippen LogP contribution in [-0.2, 0) is 6.54 Å². The van der Waals surface area contributed by atoms with Crippen LogP contribution in [0.3, 0.4) is 0 Å². The van der Waals surface area contributed by atoms with Gasteiger partial charge in [0.25, 0.3) is 0 Å². The summed E-state index contributed by atoms with van der Waals surface area (Å²) < 4.78 is 14.6. The van der Waals surface area contributed by atoms with Crippen LogP contribution >= 0.6 is 11.6 Å². The van der Waals surface area contributed by atoms with Gasteiger partial charge in [-0.05, 0) is 29.3 Å². The summed E-state index contributed by atoms with van der Waals surface area (Å²) in [5.41, 5.74) is 7.75. The molecule has 106 valence electrons. The van der Waals surface area contributed by atoms with Gasteiger partial charge < -0.3 is 10.3 Å². The van der Waals surface area contributed by atoms with Crippen LogP contribution in [0.2, 0.25) is 5.28 Å². The number of nitrogens with two attached hydrogens (primary N) is 1. The average molecular weight is 304 g/mol. The van der Waals surface area contributed by atoms with Crippen molar-refractivity contribution < 1.29 is 4.39 Å². The molecule has 0 unspecified atom stereocenters. The third-order valence-electron chi connectivity index (χ3n) is 2.95. The maximum absolute atomic E-state index is 12.8. The van der Waals surface area contributed by atoms with Gasteiger partial charge in [0.2, 0.25) is 5.28 Å². The average Bonchev–Trinajstić information content (AvgIpc) is 2.84. The standard InChI is InChI=1S/C14H11ClFN5/c15-14-19-12(17)11-13(20-14)21(8-18-11)7-1-2-9-3-5-10(16)6-4-9/h1-6,8H,7H2,(H2,17,19,20)/b2-1+. The van der Waals surface area contributed by atoms with Crippen LogP contribution in [0.25, 0.3) is 17.2 Å². The molecule has 0 fully saturated rings. The normalized spacial score (nSPS) is 11.5. The lowest BCUT2D eigenvalue weighted by Gasteiger charge is -2.00. The van der Waals surface area contributed by atoms with Crippen molar-refractivity contribution in [3.63, 3.8) is 0 Å². The second kappa shape index (κ2) is 5.49. The molecule has 0 saturated carbocycles. The summed E-state index contributed by atoms with van der Waals surface area (Å²) in [5, 5.41) is 0.0873. The molecule has 0 saturated heterocycles. The zero-order chi connectivity index (χ0) is 14.8. The molecule has 0 aliphatic heterocycles. The largest absolute Gasteiger partial charge is 0.382 e. The second-order valence-corrected chi connectivity index (χ2v) is 4.74. The third-order valence-corrected chi connectivity index (χ3v) is 3.12. The van der Waals surface area contributed by atoms with E-state index in [2.05, 4.69) is 15.0 Å². The molecular formula is C14H11ClFN5. The van der Waals surface area contributed by atoms with Gasteiger partial charge in [0.15, 0.2) is 11.5 Å². The van der Waals surface area contributed by atoms with Gasteiger partial charge in [-0.15, -0.1) is 0 Å². The van der Waals surface area contributed by atoms with Crippen molar-refractivity contribution in [2.24, 2.45) is 0 Å². The molecule has 0 radical (unpaired) electrons. The van der Waals surface area contributed by atoms with Crippen LogP contribution in [0.1, 0.15) is 5.56 Å². The number of hydrogen-bond acceptors (Lipinski definition) is 4. The van der Waals surface area contributed by atoms with Gasteiger partial charge >= 0.3 is 0 Å². The van der Waals surface area contributed by atoms with Crippen molar-refractivity contribution in [1.29, 1.82) is 0 Å². The maximum atomic E-state index is 12.8. The minimum Gasteiger partial charge on any atom is -0.382 e. The van der Waals surface area contributed by atoms with Gasteiger partial charge in [-0.2, -0.15) is 9.97 Å². The summed E-state index contributed by atoms with van der Waals surface area (Å²) in [5.74, 6) is 0.000773. The smallest absolute Gasteiger partial charge is 0.226 e. The van der Waals surface area contributed by atoms with Gasteiger partial charge in [-0.1, -0.05) is 24.3 Å². The first-order valence-corrected chi connectivity index (χ1v) is 6.57. The Morgan fingerprint density at radius 2 is 2.00 bits per heavy atom. The van der Waals surface area contributed by atoms with Gasteiger partial charge in [-0.3, -0.25) is 0 Å². The van der Waals surface area contributed by atoms with Gasteiger partial charge in [0, 0.05) is 6.54 Å². The Morgan fingerprint density at radius 1 is 1.24 bits per heavy atom. The molecule has 21 heavy (non-hydrogen) atoms. The predicted octanol–water partition coefficient (Wildman–Crippen LogP) is 2.91. The van der Waals surface area contributed by atoms with Gasteiger partial charge in [-0.25, -0.2) is 9.37 Å². The Labute approximate surface area is 124 Å². The Balaban J connectivity index is 1.84. The van der Waals surface area contributed by atoms with Crippen LogP contribution in [0.15, 0.2) is 36.7 Å². The van der Waals surface area contributed by atoms with E-state index in [0.717, 1.165) is 5.56 Å². The third kappa shape index (κ3) is 2.85. The maximum Gasteiger partial charge on any atom is 0.226 e. The van der Waals surface area contributed by atoms with Crippen LogP contribution in [0.4, 0.5) is 10.2 Å². The Morgan fingerprint density at radius 3 is 2.76 bits per heavy atom. The predicted molar refractivity (Wildman–Crippen MR) is 80.2 cm³/mol. The van der Waals surface area contributed by atoms with Crippen molar-refractivity contribution in [3.8, 4) is 0 Å². The zero-order valence-electron chi connectivity index (χ0n) is 10.9. The van der Waals surface area contributed by atoms with Gasteiger partial charge in [0.1, 0.15) is 11.3 Å². The molecule has 0 atom stereocenters. The van der Waals surface area contributed by atoms with Crippen LogP contribution in [0.5, 0.6) is 0 Å². The summed E-state index contributed by atoms with van der Waals surface area (Å²) in [7, 11) is 0. The first kappa shape index (κ1) is 13.5. The van der Waals surface area contributed by atoms with E-state index in [1.165, 1.54) is 12.1 Å². The molecule has 0 bridgehead atoms. The lowest BCUT2D eigenvalue weighted by Crippen LogP contribution is -1.98. The van der Waals surface area contributed by atoms with E-state index in [4.69, 9.17) is 17.3 Å². The van der Waals surface area contributed by atoms with Crippen molar-refractivity contribution in [2.75, 3.05) is 5.73 Å². The molecule has 3 rings (SSSR count). The number of rotatable bonds is 3. The molecular weight excluding hydrogens is 293 g/mol. The molecule has 0 aliphatic rings. The quantitative estimate of drug-likeness (QED) is 0.755. The number of nitrogens with zero attached hydrogens (tertiary/aromatic N) is 4. The van der Waals surface area contributed by atoms with E-state index in [-0.39, 0.29) is 16.9 Å². The highest BCUT2D eigenvalue weighted by Crippen LogP contribution is 2.18. The van der Waals surface area contributed by atoms with E-state index < -0.39 is 0 Å². The summed E-state index contributed by atoms with van der Waals surface area (Å²) in [6.45, 7) is 0.542. The number of aromatic nitrogens is 4. The van der Waals surface area contributed by atoms with E-state index in [1.54, 1.807) is 23.0 Å². The minimum absolute atomic E-state index is 0.0873.